The van der Waals surface area contributed by atoms with E-state index in [9.17, 15) is 0 Å². The first kappa shape index (κ1) is 18.8. The first-order valence-electron chi connectivity index (χ1n) is 8.95. The molecular weight excluding hydrogens is 314 g/mol. The number of benzene rings is 1. The Morgan fingerprint density at radius 2 is 2.00 bits per heavy atom. The molecule has 0 amide bonds. The van der Waals surface area contributed by atoms with Gasteiger partial charge >= 0.3 is 0 Å². The maximum absolute atomic E-state index is 5.27. The first-order valence-corrected chi connectivity index (χ1v) is 8.95. The van der Waals surface area contributed by atoms with Gasteiger partial charge < -0.3 is 20.1 Å². The summed E-state index contributed by atoms with van der Waals surface area (Å²) in [6.45, 7) is 7.69. The van der Waals surface area contributed by atoms with E-state index in [0.717, 1.165) is 49.9 Å². The number of anilines is 1. The van der Waals surface area contributed by atoms with Crippen molar-refractivity contribution in [3.8, 4) is 0 Å². The third-order valence-corrected chi connectivity index (χ3v) is 4.02. The summed E-state index contributed by atoms with van der Waals surface area (Å²) in [4.78, 5) is 6.62. The largest absolute Gasteiger partial charge is 0.372 e. The molecule has 25 heavy (non-hydrogen) atoms. The average Bonchev–Trinajstić information content (AvgIpc) is 3.13. The maximum Gasteiger partial charge on any atom is 0.191 e. The van der Waals surface area contributed by atoms with Gasteiger partial charge in [0.05, 0.1) is 12.2 Å². The molecule has 1 aromatic carbocycles. The van der Waals surface area contributed by atoms with Crippen LogP contribution in [0.1, 0.15) is 31.7 Å². The minimum atomic E-state index is 0.581. The SMILES string of the molecule is CCc1cc(CNC(=NC)NCCCN(CC)c2ccccc2)on1. The van der Waals surface area contributed by atoms with Crippen LogP contribution in [0.15, 0.2) is 45.9 Å². The van der Waals surface area contributed by atoms with Crippen LogP contribution in [0, 0.1) is 0 Å². The van der Waals surface area contributed by atoms with E-state index in [2.05, 4.69) is 63.8 Å². The quantitative estimate of drug-likeness (QED) is 0.416. The number of nitrogens with zero attached hydrogens (tertiary/aromatic N) is 3. The lowest BCUT2D eigenvalue weighted by atomic mass is 10.2. The normalized spacial score (nSPS) is 11.4. The van der Waals surface area contributed by atoms with Crippen molar-refractivity contribution in [2.24, 2.45) is 4.99 Å². The van der Waals surface area contributed by atoms with Gasteiger partial charge in [-0.3, -0.25) is 4.99 Å². The Balaban J connectivity index is 1.70. The molecule has 2 aromatic rings. The number of hydrogen-bond acceptors (Lipinski definition) is 4. The molecule has 0 aliphatic rings. The molecule has 0 saturated carbocycles. The molecule has 6 nitrogen and oxygen atoms in total. The van der Waals surface area contributed by atoms with Crippen LogP contribution in [0.4, 0.5) is 5.69 Å². The second-order valence-electron chi connectivity index (χ2n) is 5.76. The van der Waals surface area contributed by atoms with Gasteiger partial charge in [0.2, 0.25) is 0 Å². The molecule has 0 unspecified atom stereocenters. The molecule has 0 aliphatic carbocycles. The summed E-state index contributed by atoms with van der Waals surface area (Å²) in [5, 5.41) is 10.6. The van der Waals surface area contributed by atoms with Gasteiger partial charge in [0.1, 0.15) is 0 Å². The van der Waals surface area contributed by atoms with Crippen LogP contribution < -0.4 is 15.5 Å². The van der Waals surface area contributed by atoms with Crippen molar-refractivity contribution in [2.75, 3.05) is 31.6 Å². The molecule has 136 valence electrons. The molecule has 0 radical (unpaired) electrons. The van der Waals surface area contributed by atoms with E-state index in [4.69, 9.17) is 4.52 Å². The smallest absolute Gasteiger partial charge is 0.191 e. The lowest BCUT2D eigenvalue weighted by Gasteiger charge is -2.23. The molecule has 1 heterocycles. The number of guanidine groups is 1. The van der Waals surface area contributed by atoms with Crippen LogP contribution in [0.2, 0.25) is 0 Å². The van der Waals surface area contributed by atoms with Crippen LogP contribution in [-0.2, 0) is 13.0 Å². The Labute approximate surface area is 150 Å². The third kappa shape index (κ3) is 6.14. The van der Waals surface area contributed by atoms with E-state index in [1.807, 2.05) is 12.1 Å². The lowest BCUT2D eigenvalue weighted by molar-refractivity contribution is 0.374. The van der Waals surface area contributed by atoms with E-state index >= 15 is 0 Å². The number of rotatable bonds is 9. The Morgan fingerprint density at radius 1 is 1.20 bits per heavy atom. The van der Waals surface area contributed by atoms with Crippen LogP contribution in [0.25, 0.3) is 0 Å². The summed E-state index contributed by atoms with van der Waals surface area (Å²) < 4.78 is 5.27. The first-order chi connectivity index (χ1) is 12.3. The number of aliphatic imine (C=N–C) groups is 1. The fourth-order valence-electron chi connectivity index (χ4n) is 2.58. The van der Waals surface area contributed by atoms with Crippen molar-refractivity contribution in [3.05, 3.63) is 47.9 Å². The second-order valence-corrected chi connectivity index (χ2v) is 5.76. The summed E-state index contributed by atoms with van der Waals surface area (Å²) in [5.74, 6) is 1.60. The van der Waals surface area contributed by atoms with Gasteiger partial charge in [-0.25, -0.2) is 0 Å². The third-order valence-electron chi connectivity index (χ3n) is 4.02. The van der Waals surface area contributed by atoms with Gasteiger partial charge in [-0.1, -0.05) is 30.3 Å². The number of nitrogens with one attached hydrogen (secondary N) is 2. The molecule has 6 heteroatoms. The van der Waals surface area contributed by atoms with Gasteiger partial charge in [0.15, 0.2) is 11.7 Å². The van der Waals surface area contributed by atoms with E-state index in [1.165, 1.54) is 5.69 Å². The molecule has 0 spiro atoms. The molecular formula is C19H29N5O. The number of para-hydroxylation sites is 1. The van der Waals surface area contributed by atoms with Gasteiger partial charge in [0, 0.05) is 38.4 Å². The zero-order valence-corrected chi connectivity index (χ0v) is 15.5. The zero-order valence-electron chi connectivity index (χ0n) is 15.5. The molecule has 1 aromatic heterocycles. The molecule has 2 N–H and O–H groups in total. The minimum Gasteiger partial charge on any atom is -0.372 e. The highest BCUT2D eigenvalue weighted by molar-refractivity contribution is 5.79. The van der Waals surface area contributed by atoms with E-state index in [1.54, 1.807) is 7.05 Å². The molecule has 0 atom stereocenters. The standard InChI is InChI=1S/C19H29N5O/c1-4-16-14-18(25-23-16)15-22-19(20-3)21-12-9-13-24(5-2)17-10-7-6-8-11-17/h6-8,10-11,14H,4-5,9,12-13,15H2,1-3H3,(H2,20,21,22). The fourth-order valence-corrected chi connectivity index (χ4v) is 2.58. The van der Waals surface area contributed by atoms with Gasteiger partial charge in [-0.2, -0.15) is 0 Å². The summed E-state index contributed by atoms with van der Waals surface area (Å²) in [6, 6.07) is 12.5. The summed E-state index contributed by atoms with van der Waals surface area (Å²) in [6.07, 6.45) is 1.91. The monoisotopic (exact) mass is 343 g/mol. The highest BCUT2D eigenvalue weighted by Gasteiger charge is 2.05. The van der Waals surface area contributed by atoms with Crippen molar-refractivity contribution < 1.29 is 4.52 Å². The highest BCUT2D eigenvalue weighted by Crippen LogP contribution is 2.12. The Morgan fingerprint density at radius 3 is 2.64 bits per heavy atom. The molecule has 2 rings (SSSR count). The minimum absolute atomic E-state index is 0.581. The Hall–Kier alpha value is -2.50. The van der Waals surface area contributed by atoms with E-state index in [-0.39, 0.29) is 0 Å². The van der Waals surface area contributed by atoms with Crippen molar-refractivity contribution in [1.29, 1.82) is 0 Å². The van der Waals surface area contributed by atoms with Crippen LogP contribution in [0.5, 0.6) is 0 Å². The van der Waals surface area contributed by atoms with E-state index < -0.39 is 0 Å². The van der Waals surface area contributed by atoms with Gasteiger partial charge in [0.25, 0.3) is 0 Å². The van der Waals surface area contributed by atoms with Crippen molar-refractivity contribution in [2.45, 2.75) is 33.2 Å². The van der Waals surface area contributed by atoms with Crippen LogP contribution in [0.3, 0.4) is 0 Å². The summed E-state index contributed by atoms with van der Waals surface area (Å²) in [7, 11) is 1.77. The summed E-state index contributed by atoms with van der Waals surface area (Å²) >= 11 is 0. The molecule has 0 fully saturated rings. The van der Waals surface area contributed by atoms with Crippen molar-refractivity contribution in [3.63, 3.8) is 0 Å². The predicted molar refractivity (Wildman–Crippen MR) is 103 cm³/mol. The van der Waals surface area contributed by atoms with Gasteiger partial charge in [-0.15, -0.1) is 0 Å². The Bertz CT molecular complexity index is 638. The number of hydrogen-bond donors (Lipinski definition) is 2. The highest BCUT2D eigenvalue weighted by atomic mass is 16.5. The molecule has 0 saturated heterocycles. The van der Waals surface area contributed by atoms with Crippen LogP contribution in [-0.4, -0.2) is 37.8 Å². The molecule has 0 bridgehead atoms. The van der Waals surface area contributed by atoms with Crippen molar-refractivity contribution >= 4 is 11.6 Å². The lowest BCUT2D eigenvalue weighted by Crippen LogP contribution is -2.38. The number of aryl methyl sites for hydroxylation is 1. The Kier molecular flexibility index (Phi) is 7.82. The fraction of sp³-hybridized carbons (Fsp3) is 0.474. The van der Waals surface area contributed by atoms with Gasteiger partial charge in [-0.05, 0) is 31.9 Å². The predicted octanol–water partition coefficient (Wildman–Crippen LogP) is 2.82. The van der Waals surface area contributed by atoms with Crippen LogP contribution >= 0.6 is 0 Å². The summed E-state index contributed by atoms with van der Waals surface area (Å²) in [5.41, 5.74) is 2.24. The topological polar surface area (TPSA) is 65.7 Å². The van der Waals surface area contributed by atoms with E-state index in [0.29, 0.717) is 6.54 Å². The maximum atomic E-state index is 5.27. The average molecular weight is 343 g/mol. The number of aromatic nitrogens is 1. The zero-order chi connectivity index (χ0) is 17.9. The van der Waals surface area contributed by atoms with Crippen molar-refractivity contribution in [1.82, 2.24) is 15.8 Å². The second kappa shape index (κ2) is 10.4. The molecule has 0 aliphatic heterocycles.